The Morgan fingerprint density at radius 2 is 2.05 bits per heavy atom. The van der Waals surface area contributed by atoms with Crippen molar-refractivity contribution in [2.45, 2.75) is 6.92 Å². The highest BCUT2D eigenvalue weighted by molar-refractivity contribution is 5.74. The molecule has 0 saturated heterocycles. The van der Waals surface area contributed by atoms with Crippen LogP contribution in [-0.2, 0) is 0 Å². The van der Waals surface area contributed by atoms with Crippen LogP contribution < -0.4 is 15.8 Å². The van der Waals surface area contributed by atoms with Crippen LogP contribution in [0, 0.1) is 17.0 Å². The summed E-state index contributed by atoms with van der Waals surface area (Å²) in [5.74, 6) is 0.777. The lowest BCUT2D eigenvalue weighted by atomic mass is 10.2. The Hall–Kier alpha value is -2.76. The van der Waals surface area contributed by atoms with E-state index in [0.29, 0.717) is 18.8 Å². The number of hydrogen-bond donors (Lipinski definition) is 2. The molecule has 0 spiro atoms. The number of aryl methyl sites for hydroxylation is 1. The Kier molecular flexibility index (Phi) is 4.61. The minimum absolute atomic E-state index is 0.104. The molecule has 6 nitrogen and oxygen atoms in total. The van der Waals surface area contributed by atoms with Crippen LogP contribution >= 0.6 is 0 Å². The van der Waals surface area contributed by atoms with Gasteiger partial charge in [-0.05, 0) is 36.8 Å². The van der Waals surface area contributed by atoms with Crippen molar-refractivity contribution >= 4 is 17.1 Å². The summed E-state index contributed by atoms with van der Waals surface area (Å²) in [6.45, 7) is 2.83. The number of nitrogens with zero attached hydrogens (tertiary/aromatic N) is 1. The molecule has 0 unspecified atom stereocenters. The van der Waals surface area contributed by atoms with E-state index in [-0.39, 0.29) is 11.4 Å². The minimum atomic E-state index is -0.487. The SMILES string of the molecule is Cc1cccc(OCCNc2cccc(N)c2[N+](=O)[O-])c1. The van der Waals surface area contributed by atoms with E-state index in [1.807, 2.05) is 31.2 Å². The van der Waals surface area contributed by atoms with Gasteiger partial charge in [-0.2, -0.15) is 0 Å². The van der Waals surface area contributed by atoms with E-state index < -0.39 is 4.92 Å². The second-order valence-electron chi connectivity index (χ2n) is 4.59. The second kappa shape index (κ2) is 6.60. The molecule has 0 saturated carbocycles. The van der Waals surface area contributed by atoms with E-state index in [0.717, 1.165) is 11.3 Å². The number of para-hydroxylation sites is 1. The highest BCUT2D eigenvalue weighted by atomic mass is 16.6. The van der Waals surface area contributed by atoms with Gasteiger partial charge in [-0.3, -0.25) is 10.1 Å². The van der Waals surface area contributed by atoms with Crippen molar-refractivity contribution in [2.75, 3.05) is 24.2 Å². The molecule has 2 aromatic carbocycles. The third-order valence-electron chi connectivity index (χ3n) is 2.93. The van der Waals surface area contributed by atoms with E-state index in [2.05, 4.69) is 5.32 Å². The van der Waals surface area contributed by atoms with Crippen LogP contribution in [0.5, 0.6) is 5.75 Å². The van der Waals surface area contributed by atoms with Gasteiger partial charge in [-0.25, -0.2) is 0 Å². The number of nitro groups is 1. The van der Waals surface area contributed by atoms with Crippen molar-refractivity contribution in [2.24, 2.45) is 0 Å². The number of nitrogen functional groups attached to an aromatic ring is 1. The molecule has 0 atom stereocenters. The zero-order chi connectivity index (χ0) is 15.2. The van der Waals surface area contributed by atoms with Gasteiger partial charge in [-0.15, -0.1) is 0 Å². The highest BCUT2D eigenvalue weighted by Gasteiger charge is 2.16. The molecule has 0 fully saturated rings. The van der Waals surface area contributed by atoms with Gasteiger partial charge in [-0.1, -0.05) is 18.2 Å². The fourth-order valence-corrected chi connectivity index (χ4v) is 1.97. The Morgan fingerprint density at radius 3 is 2.76 bits per heavy atom. The number of nitro benzene ring substituents is 1. The van der Waals surface area contributed by atoms with Crippen molar-refractivity contribution in [3.63, 3.8) is 0 Å². The summed E-state index contributed by atoms with van der Waals surface area (Å²) in [6.07, 6.45) is 0. The Labute approximate surface area is 122 Å². The molecule has 0 aliphatic carbocycles. The molecule has 0 aliphatic rings. The lowest BCUT2D eigenvalue weighted by Crippen LogP contribution is -2.13. The van der Waals surface area contributed by atoms with E-state index in [9.17, 15) is 10.1 Å². The molecule has 0 aliphatic heterocycles. The van der Waals surface area contributed by atoms with Gasteiger partial charge in [0.2, 0.25) is 0 Å². The van der Waals surface area contributed by atoms with Crippen LogP contribution in [0.1, 0.15) is 5.56 Å². The molecule has 21 heavy (non-hydrogen) atoms. The van der Waals surface area contributed by atoms with Crippen LogP contribution in [-0.4, -0.2) is 18.1 Å². The topological polar surface area (TPSA) is 90.4 Å². The summed E-state index contributed by atoms with van der Waals surface area (Å²) in [4.78, 5) is 10.5. The van der Waals surface area contributed by atoms with E-state index in [1.165, 1.54) is 6.07 Å². The predicted molar refractivity (Wildman–Crippen MR) is 82.7 cm³/mol. The van der Waals surface area contributed by atoms with Gasteiger partial charge < -0.3 is 15.8 Å². The predicted octanol–water partition coefficient (Wildman–Crippen LogP) is 2.98. The molecule has 0 heterocycles. The first kappa shape index (κ1) is 14.6. The van der Waals surface area contributed by atoms with Crippen molar-refractivity contribution in [3.8, 4) is 5.75 Å². The zero-order valence-corrected chi connectivity index (χ0v) is 11.7. The third-order valence-corrected chi connectivity index (χ3v) is 2.93. The Morgan fingerprint density at radius 1 is 1.29 bits per heavy atom. The average Bonchev–Trinajstić information content (AvgIpc) is 2.43. The summed E-state index contributed by atoms with van der Waals surface area (Å²) in [5, 5.41) is 14.0. The Bertz CT molecular complexity index is 644. The van der Waals surface area contributed by atoms with Gasteiger partial charge in [0, 0.05) is 6.54 Å². The van der Waals surface area contributed by atoms with Crippen LogP contribution in [0.3, 0.4) is 0 Å². The second-order valence-corrected chi connectivity index (χ2v) is 4.59. The molecule has 0 bridgehead atoms. The van der Waals surface area contributed by atoms with Crippen LogP contribution in [0.25, 0.3) is 0 Å². The maximum absolute atomic E-state index is 11.0. The molecule has 0 amide bonds. The number of nitrogens with one attached hydrogen (secondary N) is 1. The summed E-state index contributed by atoms with van der Waals surface area (Å²) < 4.78 is 5.58. The average molecular weight is 287 g/mol. The van der Waals surface area contributed by atoms with Crippen molar-refractivity contribution in [1.82, 2.24) is 0 Å². The summed E-state index contributed by atoms with van der Waals surface area (Å²) in [6, 6.07) is 12.5. The van der Waals surface area contributed by atoms with E-state index >= 15 is 0 Å². The van der Waals surface area contributed by atoms with Gasteiger partial charge in [0.1, 0.15) is 23.7 Å². The van der Waals surface area contributed by atoms with E-state index in [4.69, 9.17) is 10.5 Å². The first-order chi connectivity index (χ1) is 10.1. The highest BCUT2D eigenvalue weighted by Crippen LogP contribution is 2.30. The van der Waals surface area contributed by atoms with Crippen molar-refractivity contribution in [1.29, 1.82) is 0 Å². The van der Waals surface area contributed by atoms with Crippen LogP contribution in [0.15, 0.2) is 42.5 Å². The molecule has 3 N–H and O–H groups in total. The van der Waals surface area contributed by atoms with Gasteiger partial charge in [0.25, 0.3) is 0 Å². The number of rotatable bonds is 6. The fourth-order valence-electron chi connectivity index (χ4n) is 1.97. The zero-order valence-electron chi connectivity index (χ0n) is 11.7. The number of ether oxygens (including phenoxy) is 1. The fraction of sp³-hybridized carbons (Fsp3) is 0.200. The summed E-state index contributed by atoms with van der Waals surface area (Å²) >= 11 is 0. The first-order valence-electron chi connectivity index (χ1n) is 6.54. The summed E-state index contributed by atoms with van der Waals surface area (Å²) in [7, 11) is 0. The minimum Gasteiger partial charge on any atom is -0.492 e. The lowest BCUT2D eigenvalue weighted by molar-refractivity contribution is -0.383. The quantitative estimate of drug-likeness (QED) is 0.369. The molecule has 2 aromatic rings. The smallest absolute Gasteiger partial charge is 0.314 e. The van der Waals surface area contributed by atoms with Crippen LogP contribution in [0.4, 0.5) is 17.1 Å². The standard InChI is InChI=1S/C15H17N3O3/c1-11-4-2-5-12(10-11)21-9-8-17-14-7-3-6-13(16)15(14)18(19)20/h2-7,10,17H,8-9,16H2,1H3. The van der Waals surface area contributed by atoms with Gasteiger partial charge >= 0.3 is 5.69 Å². The van der Waals surface area contributed by atoms with Crippen LogP contribution in [0.2, 0.25) is 0 Å². The maximum atomic E-state index is 11.0. The third kappa shape index (κ3) is 3.85. The van der Waals surface area contributed by atoms with Crippen molar-refractivity contribution in [3.05, 3.63) is 58.1 Å². The molecule has 2 rings (SSSR count). The molecule has 6 heteroatoms. The lowest BCUT2D eigenvalue weighted by Gasteiger charge is -2.10. The molecule has 110 valence electrons. The molecule has 0 aromatic heterocycles. The first-order valence-corrected chi connectivity index (χ1v) is 6.54. The maximum Gasteiger partial charge on any atom is 0.314 e. The molecular formula is C15H17N3O3. The summed E-state index contributed by atoms with van der Waals surface area (Å²) in [5.41, 5.74) is 7.17. The molecular weight excluding hydrogens is 270 g/mol. The molecule has 0 radical (unpaired) electrons. The monoisotopic (exact) mass is 287 g/mol. The largest absolute Gasteiger partial charge is 0.492 e. The number of nitrogens with two attached hydrogens (primary N) is 1. The van der Waals surface area contributed by atoms with Crippen molar-refractivity contribution < 1.29 is 9.66 Å². The van der Waals surface area contributed by atoms with E-state index in [1.54, 1.807) is 12.1 Å². The van der Waals surface area contributed by atoms with Gasteiger partial charge in [0.15, 0.2) is 0 Å². The van der Waals surface area contributed by atoms with Gasteiger partial charge in [0.05, 0.1) is 4.92 Å². The number of hydrogen-bond acceptors (Lipinski definition) is 5. The normalized spacial score (nSPS) is 10.1. The number of anilines is 2. The number of benzene rings is 2. The Balaban J connectivity index is 1.92.